The van der Waals surface area contributed by atoms with Crippen LogP contribution in [0.3, 0.4) is 0 Å². The van der Waals surface area contributed by atoms with E-state index in [0.29, 0.717) is 42.1 Å². The van der Waals surface area contributed by atoms with Gasteiger partial charge in [0, 0.05) is 25.9 Å². The van der Waals surface area contributed by atoms with Crippen molar-refractivity contribution in [1.82, 2.24) is 4.90 Å². The van der Waals surface area contributed by atoms with Gasteiger partial charge in [0.15, 0.2) is 0 Å². The average molecular weight is 485 g/mol. The van der Waals surface area contributed by atoms with Crippen LogP contribution >= 0.6 is 0 Å². The molecule has 0 spiro atoms. The molecule has 0 unspecified atom stereocenters. The molecule has 0 aromatic carbocycles. The van der Waals surface area contributed by atoms with E-state index in [4.69, 9.17) is 5.73 Å². The number of hydrogen-bond acceptors (Lipinski definition) is 3. The van der Waals surface area contributed by atoms with Crippen molar-refractivity contribution in [2.45, 2.75) is 104 Å². The molecule has 2 amide bonds. The smallest absolute Gasteiger partial charge is 0.222 e. The van der Waals surface area contributed by atoms with Crippen molar-refractivity contribution in [2.75, 3.05) is 13.1 Å². The van der Waals surface area contributed by atoms with Crippen LogP contribution in [-0.4, -0.2) is 41.0 Å². The molecule has 0 aromatic rings. The fourth-order valence-electron chi connectivity index (χ4n) is 9.84. The number of rotatable bonds is 6. The number of nitrogens with two attached hydrogens (primary N) is 1. The summed E-state index contributed by atoms with van der Waals surface area (Å²) in [7, 11) is 0. The second-order valence-electron chi connectivity index (χ2n) is 13.6. The number of hydrogen-bond donors (Lipinski definition) is 2. The van der Waals surface area contributed by atoms with E-state index in [9.17, 15) is 14.7 Å². The monoisotopic (exact) mass is 484 g/mol. The van der Waals surface area contributed by atoms with Crippen molar-refractivity contribution in [3.05, 3.63) is 11.6 Å². The van der Waals surface area contributed by atoms with Gasteiger partial charge in [0.05, 0.1) is 6.10 Å². The number of allylic oxidation sites excluding steroid dienone is 1. The average Bonchev–Trinajstić information content (AvgIpc) is 3.41. The summed E-state index contributed by atoms with van der Waals surface area (Å²) in [5.41, 5.74) is 7.63. The van der Waals surface area contributed by atoms with Crippen LogP contribution in [0, 0.1) is 46.3 Å². The molecule has 196 valence electrons. The number of fused-ring (bicyclic) bond motifs is 5. The Labute approximate surface area is 212 Å². The van der Waals surface area contributed by atoms with Crippen LogP contribution in [0.4, 0.5) is 0 Å². The second kappa shape index (κ2) is 9.50. The zero-order valence-corrected chi connectivity index (χ0v) is 22.3. The number of likely N-dealkylation sites (tertiary alicyclic amines) is 1. The lowest BCUT2D eigenvalue weighted by Crippen LogP contribution is -2.50. The molecule has 35 heavy (non-hydrogen) atoms. The van der Waals surface area contributed by atoms with E-state index in [0.717, 1.165) is 56.4 Å². The number of nitrogens with zero attached hydrogens (tertiary/aromatic N) is 1. The van der Waals surface area contributed by atoms with E-state index < -0.39 is 0 Å². The zero-order chi connectivity index (χ0) is 25.0. The topological polar surface area (TPSA) is 83.6 Å². The van der Waals surface area contributed by atoms with Crippen LogP contribution in [0.1, 0.15) is 97.8 Å². The van der Waals surface area contributed by atoms with E-state index in [2.05, 4.69) is 26.8 Å². The third-order valence-electron chi connectivity index (χ3n) is 11.8. The van der Waals surface area contributed by atoms with Crippen molar-refractivity contribution in [3.8, 4) is 0 Å². The van der Waals surface area contributed by atoms with Gasteiger partial charge in [-0.25, -0.2) is 0 Å². The maximum absolute atomic E-state index is 12.9. The van der Waals surface area contributed by atoms with Gasteiger partial charge < -0.3 is 15.7 Å². The van der Waals surface area contributed by atoms with Gasteiger partial charge in [0.2, 0.25) is 11.8 Å². The van der Waals surface area contributed by atoms with Crippen LogP contribution in [-0.2, 0) is 9.59 Å². The Morgan fingerprint density at radius 1 is 1.14 bits per heavy atom. The van der Waals surface area contributed by atoms with E-state index in [-0.39, 0.29) is 23.8 Å². The van der Waals surface area contributed by atoms with Gasteiger partial charge in [0.25, 0.3) is 0 Å². The Hall–Kier alpha value is -1.36. The highest BCUT2D eigenvalue weighted by molar-refractivity contribution is 5.77. The van der Waals surface area contributed by atoms with Gasteiger partial charge >= 0.3 is 0 Å². The molecule has 3 N–H and O–H groups in total. The summed E-state index contributed by atoms with van der Waals surface area (Å²) in [6.07, 6.45) is 14.9. The van der Waals surface area contributed by atoms with Crippen molar-refractivity contribution >= 4 is 11.8 Å². The van der Waals surface area contributed by atoms with E-state index in [1.165, 1.54) is 32.1 Å². The molecule has 5 heteroatoms. The maximum Gasteiger partial charge on any atom is 0.222 e. The van der Waals surface area contributed by atoms with Crippen molar-refractivity contribution in [1.29, 1.82) is 0 Å². The molecule has 0 bridgehead atoms. The third-order valence-corrected chi connectivity index (χ3v) is 11.8. The molecule has 3 saturated carbocycles. The fourth-order valence-corrected chi connectivity index (χ4v) is 9.84. The highest BCUT2D eigenvalue weighted by Crippen LogP contribution is 2.67. The lowest BCUT2D eigenvalue weighted by Gasteiger charge is -2.58. The summed E-state index contributed by atoms with van der Waals surface area (Å²) >= 11 is 0. The fraction of sp³-hybridized carbons (Fsp3) is 0.867. The van der Waals surface area contributed by atoms with Crippen LogP contribution in [0.5, 0.6) is 0 Å². The normalized spacial score (nSPS) is 43.7. The standard InChI is InChI=1S/C30H48N2O3/c1-19(4-9-28(35)32-15-12-20(18-32)16-27(31)34)24-7-8-25-23-6-5-21-17-22(33)10-13-29(21,2)26(23)11-14-30(24,25)3/h5,19-20,22-26,33H,4,6-18H2,1-3H3,(H2,31,34)/t19-,20+,22+,23+,24-,25+,26+,29+,30-/m1/s1. The quantitative estimate of drug-likeness (QED) is 0.517. The van der Waals surface area contributed by atoms with E-state index in [1.54, 1.807) is 5.57 Å². The number of carbonyl (C=O) groups excluding carboxylic acids is 2. The Morgan fingerprint density at radius 3 is 2.71 bits per heavy atom. The first-order valence-corrected chi connectivity index (χ1v) is 14.6. The highest BCUT2D eigenvalue weighted by Gasteiger charge is 2.59. The molecule has 9 atom stereocenters. The van der Waals surface area contributed by atoms with Crippen LogP contribution in [0.25, 0.3) is 0 Å². The van der Waals surface area contributed by atoms with E-state index >= 15 is 0 Å². The predicted octanol–water partition coefficient (Wildman–Crippen LogP) is 5.07. The number of aliphatic hydroxyl groups excluding tert-OH is 1. The van der Waals surface area contributed by atoms with Gasteiger partial charge in [0.1, 0.15) is 0 Å². The molecule has 5 rings (SSSR count). The van der Waals surface area contributed by atoms with Crippen LogP contribution in [0.15, 0.2) is 11.6 Å². The molecular formula is C30H48N2O3. The minimum atomic E-state index is -0.253. The molecule has 0 aromatic heterocycles. The second-order valence-corrected chi connectivity index (χ2v) is 13.6. The maximum atomic E-state index is 12.9. The molecule has 0 radical (unpaired) electrons. The van der Waals surface area contributed by atoms with Crippen molar-refractivity contribution < 1.29 is 14.7 Å². The molecule has 1 heterocycles. The van der Waals surface area contributed by atoms with Crippen molar-refractivity contribution in [2.24, 2.45) is 52.1 Å². The van der Waals surface area contributed by atoms with Gasteiger partial charge in [-0.2, -0.15) is 0 Å². The largest absolute Gasteiger partial charge is 0.393 e. The van der Waals surface area contributed by atoms with Gasteiger partial charge in [-0.1, -0.05) is 32.4 Å². The molecule has 4 aliphatic carbocycles. The summed E-state index contributed by atoms with van der Waals surface area (Å²) in [4.78, 5) is 26.1. The Bertz CT molecular complexity index is 870. The summed E-state index contributed by atoms with van der Waals surface area (Å²) in [5.74, 6) is 3.94. The number of aliphatic hydroxyl groups is 1. The van der Waals surface area contributed by atoms with Crippen LogP contribution in [0.2, 0.25) is 0 Å². The number of amides is 2. The predicted molar refractivity (Wildman–Crippen MR) is 138 cm³/mol. The summed E-state index contributed by atoms with van der Waals surface area (Å²) in [5, 5.41) is 10.3. The van der Waals surface area contributed by atoms with Gasteiger partial charge in [-0.05, 0) is 111 Å². The molecule has 1 saturated heterocycles. The molecule has 5 nitrogen and oxygen atoms in total. The van der Waals surface area contributed by atoms with Crippen LogP contribution < -0.4 is 5.73 Å². The Morgan fingerprint density at radius 2 is 1.94 bits per heavy atom. The third kappa shape index (κ3) is 4.49. The first-order chi connectivity index (χ1) is 16.6. The summed E-state index contributed by atoms with van der Waals surface area (Å²) in [6, 6.07) is 0. The number of carbonyl (C=O) groups is 2. The Kier molecular flexibility index (Phi) is 6.87. The summed E-state index contributed by atoms with van der Waals surface area (Å²) < 4.78 is 0. The van der Waals surface area contributed by atoms with Gasteiger partial charge in [-0.15, -0.1) is 0 Å². The Balaban J connectivity index is 1.20. The highest BCUT2D eigenvalue weighted by atomic mass is 16.3. The van der Waals surface area contributed by atoms with E-state index in [1.807, 2.05) is 4.90 Å². The first kappa shape index (κ1) is 25.3. The van der Waals surface area contributed by atoms with Crippen molar-refractivity contribution in [3.63, 3.8) is 0 Å². The van der Waals surface area contributed by atoms with Gasteiger partial charge in [-0.3, -0.25) is 9.59 Å². The SMILES string of the molecule is C[C@H](CCC(=O)N1CC[C@@H](CC(N)=O)C1)[C@H]1CC[C@H]2[C@@H]3CC=C4C[C@@H](O)CC[C@]4(C)[C@H]3CC[C@]12C. The minimum absolute atomic E-state index is 0.131. The minimum Gasteiger partial charge on any atom is -0.393 e. The molecular weight excluding hydrogens is 436 g/mol. The molecule has 4 fully saturated rings. The first-order valence-electron chi connectivity index (χ1n) is 14.6. The zero-order valence-electron chi connectivity index (χ0n) is 22.3. The number of primary amides is 1. The lowest BCUT2D eigenvalue weighted by molar-refractivity contribution is -0.131. The molecule has 5 aliphatic rings. The lowest BCUT2D eigenvalue weighted by atomic mass is 9.47. The molecule has 1 aliphatic heterocycles. The summed E-state index contributed by atoms with van der Waals surface area (Å²) in [6.45, 7) is 8.99.